The molecule has 1 N–H and O–H groups in total. The zero-order chi connectivity index (χ0) is 12.7. The molecule has 0 saturated carbocycles. The van der Waals surface area contributed by atoms with Crippen LogP contribution in [0.5, 0.6) is 5.75 Å². The van der Waals surface area contributed by atoms with Gasteiger partial charge in [0.1, 0.15) is 5.75 Å². The van der Waals surface area contributed by atoms with Crippen LogP contribution in [0.2, 0.25) is 5.02 Å². The molecule has 1 aromatic rings. The fraction of sp³-hybridized carbons (Fsp3) is 0.333. The van der Waals surface area contributed by atoms with Crippen LogP contribution in [0.3, 0.4) is 0 Å². The van der Waals surface area contributed by atoms with Crippen LogP contribution in [0.4, 0.5) is 0 Å². The van der Waals surface area contributed by atoms with E-state index >= 15 is 0 Å². The molecule has 0 aliphatic carbocycles. The molecule has 0 spiro atoms. The Morgan fingerprint density at radius 2 is 2.41 bits per heavy atom. The molecule has 1 atom stereocenters. The Hall–Kier alpha value is -1.73. The molecule has 1 aromatic carbocycles. The summed E-state index contributed by atoms with van der Waals surface area (Å²) < 4.78 is 5.25. The number of carbonyl (C=O) groups excluding carboxylic acids is 1. The summed E-state index contributed by atoms with van der Waals surface area (Å²) in [7, 11) is 0. The Morgan fingerprint density at radius 3 is 3.06 bits per heavy atom. The Kier molecular flexibility index (Phi) is 5.31. The van der Waals surface area contributed by atoms with E-state index in [1.54, 1.807) is 31.2 Å². The summed E-state index contributed by atoms with van der Waals surface area (Å²) in [6.07, 6.45) is 0.281. The summed E-state index contributed by atoms with van der Waals surface area (Å²) in [5.41, 5.74) is 0. The quantitative estimate of drug-likeness (QED) is 0.873. The first kappa shape index (κ1) is 13.3. The van der Waals surface area contributed by atoms with Crippen molar-refractivity contribution in [1.82, 2.24) is 5.32 Å². The monoisotopic (exact) mass is 252 g/mol. The van der Waals surface area contributed by atoms with Gasteiger partial charge in [-0.25, -0.2) is 0 Å². The lowest BCUT2D eigenvalue weighted by Gasteiger charge is -2.11. The van der Waals surface area contributed by atoms with Gasteiger partial charge in [-0.1, -0.05) is 17.7 Å². The van der Waals surface area contributed by atoms with Gasteiger partial charge in [0.15, 0.2) is 6.61 Å². The maximum atomic E-state index is 11.4. The molecule has 0 saturated heterocycles. The Labute approximate surface area is 105 Å². The topological polar surface area (TPSA) is 62.1 Å². The zero-order valence-corrected chi connectivity index (χ0v) is 10.2. The van der Waals surface area contributed by atoms with E-state index in [-0.39, 0.29) is 25.0 Å². The summed E-state index contributed by atoms with van der Waals surface area (Å²) in [4.78, 5) is 11.4. The van der Waals surface area contributed by atoms with Crippen molar-refractivity contribution in [3.8, 4) is 11.8 Å². The number of nitrogens with one attached hydrogen (secondary N) is 1. The average molecular weight is 253 g/mol. The van der Waals surface area contributed by atoms with Gasteiger partial charge < -0.3 is 10.1 Å². The van der Waals surface area contributed by atoms with Crippen LogP contribution < -0.4 is 10.1 Å². The number of hydrogen-bond donors (Lipinski definition) is 1. The zero-order valence-electron chi connectivity index (χ0n) is 9.44. The normalized spacial score (nSPS) is 11.4. The number of halogens is 1. The molecule has 4 nitrogen and oxygen atoms in total. The number of nitrogens with zero attached hydrogens (tertiary/aromatic N) is 1. The summed E-state index contributed by atoms with van der Waals surface area (Å²) in [6.45, 7) is 1.68. The van der Waals surface area contributed by atoms with Crippen LogP contribution in [-0.4, -0.2) is 18.6 Å². The maximum absolute atomic E-state index is 11.4. The Balaban J connectivity index is 2.36. The summed E-state index contributed by atoms with van der Waals surface area (Å²) in [5.74, 6) is 0.285. The molecule has 1 rings (SSSR count). The number of ether oxygens (including phenoxy) is 1. The second kappa shape index (κ2) is 6.77. The van der Waals surface area contributed by atoms with Crippen molar-refractivity contribution >= 4 is 17.5 Å². The standard InChI is InChI=1S/C12H13ClN2O2/c1-9(5-6-14)15-12(16)8-17-11-4-2-3-10(13)7-11/h2-4,7,9H,5,8H2,1H3,(H,15,16). The van der Waals surface area contributed by atoms with Crippen LogP contribution in [0, 0.1) is 11.3 Å². The Bertz CT molecular complexity index is 429. The first-order valence-electron chi connectivity index (χ1n) is 5.16. The molecular weight excluding hydrogens is 240 g/mol. The van der Waals surface area contributed by atoms with Gasteiger partial charge in [-0.3, -0.25) is 4.79 Å². The molecular formula is C12H13ClN2O2. The third kappa shape index (κ3) is 5.23. The maximum Gasteiger partial charge on any atom is 0.258 e. The van der Waals surface area contributed by atoms with Gasteiger partial charge in [0.05, 0.1) is 12.5 Å². The van der Waals surface area contributed by atoms with Crippen LogP contribution in [0.15, 0.2) is 24.3 Å². The van der Waals surface area contributed by atoms with E-state index in [1.165, 1.54) is 0 Å². The van der Waals surface area contributed by atoms with Gasteiger partial charge in [0.25, 0.3) is 5.91 Å². The molecule has 0 aromatic heterocycles. The van der Waals surface area contributed by atoms with Gasteiger partial charge in [-0.05, 0) is 25.1 Å². The molecule has 90 valence electrons. The minimum Gasteiger partial charge on any atom is -0.484 e. The highest BCUT2D eigenvalue weighted by Gasteiger charge is 2.07. The van der Waals surface area contributed by atoms with Crippen LogP contribution in [-0.2, 0) is 4.79 Å². The van der Waals surface area contributed by atoms with Crippen molar-refractivity contribution in [3.63, 3.8) is 0 Å². The number of hydrogen-bond acceptors (Lipinski definition) is 3. The summed E-state index contributed by atoms with van der Waals surface area (Å²) in [6, 6.07) is 8.63. The molecule has 0 radical (unpaired) electrons. The van der Waals surface area contributed by atoms with Gasteiger partial charge >= 0.3 is 0 Å². The van der Waals surface area contributed by atoms with Crippen molar-refractivity contribution in [2.45, 2.75) is 19.4 Å². The van der Waals surface area contributed by atoms with Crippen molar-refractivity contribution in [2.75, 3.05) is 6.61 Å². The van der Waals surface area contributed by atoms with E-state index in [4.69, 9.17) is 21.6 Å². The molecule has 0 aliphatic rings. The van der Waals surface area contributed by atoms with E-state index in [9.17, 15) is 4.79 Å². The predicted molar refractivity (Wildman–Crippen MR) is 64.8 cm³/mol. The van der Waals surface area contributed by atoms with E-state index in [0.717, 1.165) is 0 Å². The summed E-state index contributed by atoms with van der Waals surface area (Å²) in [5, 5.41) is 11.6. The van der Waals surface area contributed by atoms with E-state index in [2.05, 4.69) is 5.32 Å². The number of nitriles is 1. The van der Waals surface area contributed by atoms with Gasteiger partial charge in [0.2, 0.25) is 0 Å². The minimum atomic E-state index is -0.257. The van der Waals surface area contributed by atoms with Crippen molar-refractivity contribution < 1.29 is 9.53 Å². The number of benzene rings is 1. The van der Waals surface area contributed by atoms with Gasteiger partial charge in [0, 0.05) is 11.1 Å². The largest absolute Gasteiger partial charge is 0.484 e. The molecule has 17 heavy (non-hydrogen) atoms. The fourth-order valence-electron chi connectivity index (χ4n) is 1.21. The van der Waals surface area contributed by atoms with E-state index < -0.39 is 0 Å². The Morgan fingerprint density at radius 1 is 1.65 bits per heavy atom. The molecule has 5 heteroatoms. The lowest BCUT2D eigenvalue weighted by molar-refractivity contribution is -0.123. The van der Waals surface area contributed by atoms with Crippen LogP contribution >= 0.6 is 11.6 Å². The highest BCUT2D eigenvalue weighted by molar-refractivity contribution is 6.30. The predicted octanol–water partition coefficient (Wildman–Crippen LogP) is 2.14. The van der Waals surface area contributed by atoms with Gasteiger partial charge in [-0.2, -0.15) is 5.26 Å². The molecule has 0 bridgehead atoms. The third-order valence-electron chi connectivity index (χ3n) is 1.97. The fourth-order valence-corrected chi connectivity index (χ4v) is 1.39. The first-order valence-corrected chi connectivity index (χ1v) is 5.54. The first-order chi connectivity index (χ1) is 8.11. The SMILES string of the molecule is CC(CC#N)NC(=O)COc1cccc(Cl)c1. The second-order valence-electron chi connectivity index (χ2n) is 3.58. The third-order valence-corrected chi connectivity index (χ3v) is 2.21. The number of carbonyl (C=O) groups is 1. The van der Waals surface area contributed by atoms with Crippen molar-refractivity contribution in [2.24, 2.45) is 0 Å². The lowest BCUT2D eigenvalue weighted by atomic mass is 10.2. The lowest BCUT2D eigenvalue weighted by Crippen LogP contribution is -2.35. The molecule has 0 fully saturated rings. The van der Waals surface area contributed by atoms with Crippen molar-refractivity contribution in [1.29, 1.82) is 5.26 Å². The molecule has 1 unspecified atom stereocenters. The van der Waals surface area contributed by atoms with Gasteiger partial charge in [-0.15, -0.1) is 0 Å². The second-order valence-corrected chi connectivity index (χ2v) is 4.01. The number of amides is 1. The molecule has 0 heterocycles. The van der Waals surface area contributed by atoms with Crippen molar-refractivity contribution in [3.05, 3.63) is 29.3 Å². The van der Waals surface area contributed by atoms with E-state index in [0.29, 0.717) is 10.8 Å². The highest BCUT2D eigenvalue weighted by atomic mass is 35.5. The smallest absolute Gasteiger partial charge is 0.258 e. The molecule has 1 amide bonds. The van der Waals surface area contributed by atoms with Crippen LogP contribution in [0.1, 0.15) is 13.3 Å². The minimum absolute atomic E-state index is 0.0872. The highest BCUT2D eigenvalue weighted by Crippen LogP contribution is 2.16. The summed E-state index contributed by atoms with van der Waals surface area (Å²) >= 11 is 5.77. The van der Waals surface area contributed by atoms with Crippen LogP contribution in [0.25, 0.3) is 0 Å². The molecule has 0 aliphatic heterocycles. The number of rotatable bonds is 5. The average Bonchev–Trinajstić information content (AvgIpc) is 2.27. The van der Waals surface area contributed by atoms with E-state index in [1.807, 2.05) is 6.07 Å².